The van der Waals surface area contributed by atoms with Gasteiger partial charge in [0.15, 0.2) is 0 Å². The van der Waals surface area contributed by atoms with Gasteiger partial charge in [-0.05, 0) is 17.8 Å². The summed E-state index contributed by atoms with van der Waals surface area (Å²) in [6.07, 6.45) is 12.9. The SMILES string of the molecule is CCCCCCCC(CC)CCC(C)C(C)C. The van der Waals surface area contributed by atoms with Crippen LogP contribution in [0.1, 0.15) is 92.4 Å². The van der Waals surface area contributed by atoms with Crippen LogP contribution in [0.5, 0.6) is 0 Å². The van der Waals surface area contributed by atoms with Gasteiger partial charge in [0.1, 0.15) is 0 Å². The van der Waals surface area contributed by atoms with E-state index in [0.717, 1.165) is 17.8 Å². The van der Waals surface area contributed by atoms with Gasteiger partial charge in [-0.3, -0.25) is 0 Å². The number of hydrogen-bond donors (Lipinski definition) is 0. The summed E-state index contributed by atoms with van der Waals surface area (Å²) in [6.45, 7) is 11.8. The zero-order valence-corrected chi connectivity index (χ0v) is 13.1. The van der Waals surface area contributed by atoms with Gasteiger partial charge >= 0.3 is 0 Å². The van der Waals surface area contributed by atoms with E-state index >= 15 is 0 Å². The highest BCUT2D eigenvalue weighted by atomic mass is 14.2. The first kappa shape index (κ1) is 17.0. The molecule has 0 aromatic rings. The molecule has 0 amide bonds. The lowest BCUT2D eigenvalue weighted by atomic mass is 9.86. The molecule has 0 heteroatoms. The summed E-state index contributed by atoms with van der Waals surface area (Å²) in [7, 11) is 0. The second-order valence-corrected chi connectivity index (χ2v) is 6.28. The third-order valence-electron chi connectivity index (χ3n) is 4.46. The van der Waals surface area contributed by atoms with E-state index in [2.05, 4.69) is 34.6 Å². The molecule has 0 aromatic heterocycles. The molecular formula is C17H36. The fraction of sp³-hybridized carbons (Fsp3) is 1.00. The Hall–Kier alpha value is 0. The third kappa shape index (κ3) is 9.68. The maximum Gasteiger partial charge on any atom is -0.0417 e. The molecule has 0 aromatic carbocycles. The van der Waals surface area contributed by atoms with Gasteiger partial charge in [-0.1, -0.05) is 92.4 Å². The lowest BCUT2D eigenvalue weighted by Crippen LogP contribution is -2.07. The van der Waals surface area contributed by atoms with Gasteiger partial charge in [0.05, 0.1) is 0 Å². The molecule has 0 aliphatic heterocycles. The smallest absolute Gasteiger partial charge is 0.0417 e. The minimum Gasteiger partial charge on any atom is -0.0654 e. The largest absolute Gasteiger partial charge is 0.0654 e. The van der Waals surface area contributed by atoms with Crippen LogP contribution in [0, 0.1) is 17.8 Å². The lowest BCUT2D eigenvalue weighted by Gasteiger charge is -2.20. The van der Waals surface area contributed by atoms with Crippen LogP contribution in [0.15, 0.2) is 0 Å². The Morgan fingerprint density at radius 2 is 1.35 bits per heavy atom. The monoisotopic (exact) mass is 240 g/mol. The minimum atomic E-state index is 0.858. The quantitative estimate of drug-likeness (QED) is 0.364. The van der Waals surface area contributed by atoms with Crippen LogP contribution in [-0.4, -0.2) is 0 Å². The highest BCUT2D eigenvalue weighted by Crippen LogP contribution is 2.24. The molecule has 0 radical (unpaired) electrons. The van der Waals surface area contributed by atoms with Crippen molar-refractivity contribution in [3.05, 3.63) is 0 Å². The van der Waals surface area contributed by atoms with E-state index in [1.54, 1.807) is 0 Å². The highest BCUT2D eigenvalue weighted by Gasteiger charge is 2.11. The van der Waals surface area contributed by atoms with Crippen LogP contribution < -0.4 is 0 Å². The second-order valence-electron chi connectivity index (χ2n) is 6.28. The highest BCUT2D eigenvalue weighted by molar-refractivity contribution is 4.63. The molecule has 0 rings (SSSR count). The predicted molar refractivity (Wildman–Crippen MR) is 80.4 cm³/mol. The van der Waals surface area contributed by atoms with E-state index < -0.39 is 0 Å². The summed E-state index contributed by atoms with van der Waals surface area (Å²) in [5, 5.41) is 0. The van der Waals surface area contributed by atoms with Crippen LogP contribution in [-0.2, 0) is 0 Å². The molecule has 0 fully saturated rings. The van der Waals surface area contributed by atoms with E-state index in [-0.39, 0.29) is 0 Å². The Balaban J connectivity index is 3.55. The van der Waals surface area contributed by atoms with Crippen molar-refractivity contribution in [1.29, 1.82) is 0 Å². The van der Waals surface area contributed by atoms with Crippen molar-refractivity contribution in [2.24, 2.45) is 17.8 Å². The zero-order chi connectivity index (χ0) is 13.1. The minimum absolute atomic E-state index is 0.858. The van der Waals surface area contributed by atoms with Crippen molar-refractivity contribution in [3.8, 4) is 0 Å². The van der Waals surface area contributed by atoms with Crippen molar-refractivity contribution >= 4 is 0 Å². The molecule has 0 aliphatic rings. The molecule has 0 bridgehead atoms. The molecule has 0 N–H and O–H groups in total. The second kappa shape index (κ2) is 11.1. The Morgan fingerprint density at radius 3 is 1.88 bits per heavy atom. The molecule has 0 aliphatic carbocycles. The summed E-state index contributed by atoms with van der Waals surface area (Å²) in [4.78, 5) is 0. The summed E-state index contributed by atoms with van der Waals surface area (Å²) >= 11 is 0. The van der Waals surface area contributed by atoms with Gasteiger partial charge in [0.25, 0.3) is 0 Å². The van der Waals surface area contributed by atoms with Crippen LogP contribution in [0.2, 0.25) is 0 Å². The van der Waals surface area contributed by atoms with E-state index in [0.29, 0.717) is 0 Å². The first-order valence-electron chi connectivity index (χ1n) is 8.11. The molecule has 17 heavy (non-hydrogen) atoms. The molecule has 104 valence electrons. The molecule has 2 atom stereocenters. The molecule has 0 saturated carbocycles. The van der Waals surface area contributed by atoms with Crippen LogP contribution in [0.25, 0.3) is 0 Å². The van der Waals surface area contributed by atoms with Crippen molar-refractivity contribution in [2.45, 2.75) is 92.4 Å². The fourth-order valence-electron chi connectivity index (χ4n) is 2.42. The van der Waals surface area contributed by atoms with E-state index in [1.165, 1.54) is 57.8 Å². The average molecular weight is 240 g/mol. The molecule has 0 nitrogen and oxygen atoms in total. The Morgan fingerprint density at radius 1 is 0.706 bits per heavy atom. The lowest BCUT2D eigenvalue weighted by molar-refractivity contribution is 0.322. The van der Waals surface area contributed by atoms with Crippen molar-refractivity contribution in [2.75, 3.05) is 0 Å². The van der Waals surface area contributed by atoms with Gasteiger partial charge in [-0.2, -0.15) is 0 Å². The molecular weight excluding hydrogens is 204 g/mol. The summed E-state index contributed by atoms with van der Waals surface area (Å²) in [5.74, 6) is 2.76. The van der Waals surface area contributed by atoms with E-state index in [4.69, 9.17) is 0 Å². The van der Waals surface area contributed by atoms with Gasteiger partial charge in [-0.25, -0.2) is 0 Å². The summed E-state index contributed by atoms with van der Waals surface area (Å²) < 4.78 is 0. The Kier molecular flexibility index (Phi) is 11.1. The normalized spacial score (nSPS) is 15.2. The van der Waals surface area contributed by atoms with Crippen molar-refractivity contribution in [1.82, 2.24) is 0 Å². The summed E-state index contributed by atoms with van der Waals surface area (Å²) in [6, 6.07) is 0. The fourth-order valence-corrected chi connectivity index (χ4v) is 2.42. The Bertz CT molecular complexity index is 148. The van der Waals surface area contributed by atoms with E-state index in [9.17, 15) is 0 Å². The maximum atomic E-state index is 2.42. The van der Waals surface area contributed by atoms with Crippen molar-refractivity contribution < 1.29 is 0 Å². The number of rotatable bonds is 11. The molecule has 0 saturated heterocycles. The zero-order valence-electron chi connectivity index (χ0n) is 13.1. The van der Waals surface area contributed by atoms with Crippen LogP contribution in [0.3, 0.4) is 0 Å². The van der Waals surface area contributed by atoms with Crippen LogP contribution >= 0.6 is 0 Å². The topological polar surface area (TPSA) is 0 Å². The maximum absolute atomic E-state index is 2.42. The predicted octanol–water partition coefficient (Wildman–Crippen LogP) is 6.45. The van der Waals surface area contributed by atoms with Gasteiger partial charge in [0, 0.05) is 0 Å². The van der Waals surface area contributed by atoms with Gasteiger partial charge < -0.3 is 0 Å². The molecule has 2 unspecified atom stereocenters. The number of hydrogen-bond acceptors (Lipinski definition) is 0. The van der Waals surface area contributed by atoms with Crippen molar-refractivity contribution in [3.63, 3.8) is 0 Å². The first-order chi connectivity index (χ1) is 8.11. The number of unbranched alkanes of at least 4 members (excludes halogenated alkanes) is 4. The standard InChI is InChI=1S/C17H36/c1-6-8-9-10-11-12-17(7-2)14-13-16(5)15(3)4/h15-17H,6-14H2,1-5H3. The van der Waals surface area contributed by atoms with Gasteiger partial charge in [0.2, 0.25) is 0 Å². The molecule has 0 spiro atoms. The first-order valence-corrected chi connectivity index (χ1v) is 8.11. The molecule has 0 heterocycles. The average Bonchev–Trinajstić information content (AvgIpc) is 2.32. The van der Waals surface area contributed by atoms with Crippen LogP contribution in [0.4, 0.5) is 0 Å². The Labute approximate surface area is 111 Å². The van der Waals surface area contributed by atoms with E-state index in [1.807, 2.05) is 0 Å². The third-order valence-corrected chi connectivity index (χ3v) is 4.46. The van der Waals surface area contributed by atoms with Gasteiger partial charge in [-0.15, -0.1) is 0 Å². The summed E-state index contributed by atoms with van der Waals surface area (Å²) in [5.41, 5.74) is 0.